The number of carboxylic acids is 1. The van der Waals surface area contributed by atoms with Crippen LogP contribution in [0.3, 0.4) is 0 Å². The fraction of sp³-hybridized carbons (Fsp3) is 0.214. The average molecular weight is 326 g/mol. The fourth-order valence-electron chi connectivity index (χ4n) is 1.94. The van der Waals surface area contributed by atoms with Gasteiger partial charge in [0, 0.05) is 13.2 Å². The molecule has 2 aromatic rings. The number of nitrogens with one attached hydrogen (secondary N) is 1. The predicted molar refractivity (Wildman–Crippen MR) is 77.1 cm³/mol. The van der Waals surface area contributed by atoms with Crippen LogP contribution in [0.25, 0.3) is 0 Å². The summed E-state index contributed by atoms with van der Waals surface area (Å²) in [4.78, 5) is 23.1. The summed E-state index contributed by atoms with van der Waals surface area (Å²) < 4.78 is 15.0. The predicted octanol–water partition coefficient (Wildman–Crippen LogP) is 2.16. The van der Waals surface area contributed by atoms with E-state index in [1.165, 1.54) is 29.2 Å². The van der Waals surface area contributed by atoms with E-state index in [2.05, 4.69) is 10.4 Å². The van der Waals surface area contributed by atoms with E-state index in [1.54, 1.807) is 7.05 Å². The van der Waals surface area contributed by atoms with Crippen molar-refractivity contribution in [2.24, 2.45) is 7.05 Å². The minimum Gasteiger partial charge on any atom is -0.481 e. The Morgan fingerprint density at radius 2 is 2.23 bits per heavy atom. The standard InChI is InChI=1S/C14H13ClFN3O3/c1-19-7-9(6-17-19)14(22)18-12(5-13(20)21)8-2-3-10(15)11(16)4-8/h2-4,6-7,12H,5H2,1H3,(H,18,22)(H,20,21)/t12-/m0/s1. The first-order chi connectivity index (χ1) is 10.4. The van der Waals surface area contributed by atoms with Crippen molar-refractivity contribution in [3.05, 3.63) is 52.6 Å². The molecule has 0 aliphatic heterocycles. The highest BCUT2D eigenvalue weighted by Crippen LogP contribution is 2.23. The molecule has 22 heavy (non-hydrogen) atoms. The molecule has 0 fully saturated rings. The van der Waals surface area contributed by atoms with E-state index in [1.807, 2.05) is 0 Å². The zero-order valence-electron chi connectivity index (χ0n) is 11.6. The monoisotopic (exact) mass is 325 g/mol. The summed E-state index contributed by atoms with van der Waals surface area (Å²) in [5.74, 6) is -2.29. The van der Waals surface area contributed by atoms with Gasteiger partial charge in [-0.25, -0.2) is 4.39 Å². The zero-order chi connectivity index (χ0) is 16.3. The Hall–Kier alpha value is -2.41. The Labute approximate surface area is 130 Å². The molecule has 0 saturated carbocycles. The molecule has 0 aliphatic rings. The third kappa shape index (κ3) is 3.82. The number of aromatic nitrogens is 2. The van der Waals surface area contributed by atoms with Gasteiger partial charge in [0.15, 0.2) is 0 Å². The van der Waals surface area contributed by atoms with E-state index >= 15 is 0 Å². The van der Waals surface area contributed by atoms with Gasteiger partial charge < -0.3 is 10.4 Å². The topological polar surface area (TPSA) is 84.2 Å². The number of rotatable bonds is 5. The number of hydrogen-bond donors (Lipinski definition) is 2. The number of aliphatic carboxylic acids is 1. The first-order valence-corrected chi connectivity index (χ1v) is 6.71. The van der Waals surface area contributed by atoms with E-state index in [0.717, 1.165) is 6.07 Å². The molecule has 1 heterocycles. The van der Waals surface area contributed by atoms with Gasteiger partial charge in [-0.1, -0.05) is 17.7 Å². The molecule has 0 radical (unpaired) electrons. The Balaban J connectivity index is 2.24. The van der Waals surface area contributed by atoms with Crippen molar-refractivity contribution in [2.45, 2.75) is 12.5 Å². The van der Waals surface area contributed by atoms with Crippen LogP contribution in [-0.2, 0) is 11.8 Å². The summed E-state index contributed by atoms with van der Waals surface area (Å²) in [5, 5.41) is 15.3. The van der Waals surface area contributed by atoms with Crippen LogP contribution in [0.5, 0.6) is 0 Å². The minimum absolute atomic E-state index is 0.0728. The first-order valence-electron chi connectivity index (χ1n) is 6.33. The maximum atomic E-state index is 13.5. The minimum atomic E-state index is -1.12. The van der Waals surface area contributed by atoms with Crippen LogP contribution in [0, 0.1) is 5.82 Å². The van der Waals surface area contributed by atoms with Crippen molar-refractivity contribution in [2.75, 3.05) is 0 Å². The fourth-order valence-corrected chi connectivity index (χ4v) is 2.05. The highest BCUT2D eigenvalue weighted by atomic mass is 35.5. The lowest BCUT2D eigenvalue weighted by Crippen LogP contribution is -2.30. The molecule has 0 bridgehead atoms. The van der Waals surface area contributed by atoms with E-state index in [0.29, 0.717) is 5.56 Å². The molecule has 1 aromatic carbocycles. The lowest BCUT2D eigenvalue weighted by atomic mass is 10.0. The Bertz CT molecular complexity index is 717. The summed E-state index contributed by atoms with van der Waals surface area (Å²) in [5.41, 5.74) is 0.605. The molecular formula is C14H13ClFN3O3. The molecule has 2 N–H and O–H groups in total. The van der Waals surface area contributed by atoms with Gasteiger partial charge in [0.1, 0.15) is 5.82 Å². The van der Waals surface area contributed by atoms with Gasteiger partial charge in [-0.2, -0.15) is 5.10 Å². The van der Waals surface area contributed by atoms with Crippen LogP contribution in [0.1, 0.15) is 28.4 Å². The second-order valence-corrected chi connectivity index (χ2v) is 5.11. The smallest absolute Gasteiger partial charge is 0.305 e. The summed E-state index contributed by atoms with van der Waals surface area (Å²) in [6.07, 6.45) is 2.47. The molecule has 6 nitrogen and oxygen atoms in total. The van der Waals surface area contributed by atoms with Crippen LogP contribution in [0.15, 0.2) is 30.6 Å². The molecule has 8 heteroatoms. The highest BCUT2D eigenvalue weighted by Gasteiger charge is 2.20. The Morgan fingerprint density at radius 3 is 2.77 bits per heavy atom. The van der Waals surface area contributed by atoms with Crippen LogP contribution in [-0.4, -0.2) is 26.8 Å². The van der Waals surface area contributed by atoms with E-state index in [-0.39, 0.29) is 17.0 Å². The van der Waals surface area contributed by atoms with Gasteiger partial charge >= 0.3 is 5.97 Å². The number of carboxylic acid groups (broad SMARTS) is 1. The normalized spacial score (nSPS) is 12.0. The lowest BCUT2D eigenvalue weighted by Gasteiger charge is -2.17. The number of halogens is 2. The molecule has 1 amide bonds. The molecule has 0 unspecified atom stereocenters. The molecule has 1 atom stereocenters. The number of amides is 1. The second-order valence-electron chi connectivity index (χ2n) is 4.70. The van der Waals surface area contributed by atoms with Crippen LogP contribution in [0.2, 0.25) is 5.02 Å². The number of carbonyl (C=O) groups is 2. The number of carbonyl (C=O) groups excluding carboxylic acids is 1. The molecule has 116 valence electrons. The van der Waals surface area contributed by atoms with E-state index in [9.17, 15) is 14.0 Å². The van der Waals surface area contributed by atoms with E-state index in [4.69, 9.17) is 16.7 Å². The van der Waals surface area contributed by atoms with Crippen LogP contribution < -0.4 is 5.32 Å². The Morgan fingerprint density at radius 1 is 1.50 bits per heavy atom. The van der Waals surface area contributed by atoms with Crippen LogP contribution in [0.4, 0.5) is 4.39 Å². The first kappa shape index (κ1) is 16.0. The molecule has 0 spiro atoms. The SMILES string of the molecule is Cn1cc(C(=O)N[C@@H](CC(=O)O)c2ccc(Cl)c(F)c2)cn1. The highest BCUT2D eigenvalue weighted by molar-refractivity contribution is 6.30. The number of nitrogens with zero attached hydrogens (tertiary/aromatic N) is 2. The lowest BCUT2D eigenvalue weighted by molar-refractivity contribution is -0.137. The largest absolute Gasteiger partial charge is 0.481 e. The summed E-state index contributed by atoms with van der Waals surface area (Å²) in [6.45, 7) is 0. The van der Waals surface area contributed by atoms with Crippen molar-refractivity contribution in [1.29, 1.82) is 0 Å². The molecule has 0 aliphatic carbocycles. The maximum Gasteiger partial charge on any atom is 0.305 e. The Kier molecular flexibility index (Phi) is 4.77. The molecule has 2 rings (SSSR count). The summed E-state index contributed by atoms with van der Waals surface area (Å²) in [7, 11) is 1.65. The van der Waals surface area contributed by atoms with Crippen molar-refractivity contribution in [3.63, 3.8) is 0 Å². The van der Waals surface area contributed by atoms with Crippen molar-refractivity contribution in [1.82, 2.24) is 15.1 Å². The number of aryl methyl sites for hydroxylation is 1. The third-order valence-corrected chi connectivity index (χ3v) is 3.30. The molecular weight excluding hydrogens is 313 g/mol. The third-order valence-electron chi connectivity index (χ3n) is 3.00. The van der Waals surface area contributed by atoms with E-state index < -0.39 is 23.7 Å². The molecule has 1 aromatic heterocycles. The van der Waals surface area contributed by atoms with Gasteiger partial charge in [-0.3, -0.25) is 14.3 Å². The van der Waals surface area contributed by atoms with Crippen molar-refractivity contribution < 1.29 is 19.1 Å². The zero-order valence-corrected chi connectivity index (χ0v) is 12.3. The van der Waals surface area contributed by atoms with Gasteiger partial charge in [0.25, 0.3) is 5.91 Å². The van der Waals surface area contributed by atoms with Gasteiger partial charge in [-0.05, 0) is 17.7 Å². The summed E-state index contributed by atoms with van der Waals surface area (Å²) in [6, 6.07) is 3.02. The molecule has 0 saturated heterocycles. The second kappa shape index (κ2) is 6.57. The average Bonchev–Trinajstić information content (AvgIpc) is 2.87. The van der Waals surface area contributed by atoms with Gasteiger partial charge in [0.2, 0.25) is 0 Å². The van der Waals surface area contributed by atoms with Crippen molar-refractivity contribution in [3.8, 4) is 0 Å². The van der Waals surface area contributed by atoms with Crippen molar-refractivity contribution >= 4 is 23.5 Å². The maximum absolute atomic E-state index is 13.5. The van der Waals surface area contributed by atoms with Crippen LogP contribution >= 0.6 is 11.6 Å². The van der Waals surface area contributed by atoms with Gasteiger partial charge in [-0.15, -0.1) is 0 Å². The summed E-state index contributed by atoms with van der Waals surface area (Å²) >= 11 is 5.61. The van der Waals surface area contributed by atoms with Gasteiger partial charge in [0.05, 0.1) is 29.2 Å². The number of benzene rings is 1. The number of hydrogen-bond acceptors (Lipinski definition) is 3. The quantitative estimate of drug-likeness (QED) is 0.882.